The number of anilines is 1. The minimum Gasteiger partial charge on any atom is -0.329 e. The Balaban J connectivity index is 2.10. The van der Waals surface area contributed by atoms with Crippen molar-refractivity contribution in [3.8, 4) is 0 Å². The molecule has 1 fully saturated rings. The monoisotopic (exact) mass is 354 g/mol. The molecular weight excluding hydrogens is 332 g/mol. The van der Waals surface area contributed by atoms with Gasteiger partial charge in [0.2, 0.25) is 0 Å². The van der Waals surface area contributed by atoms with Crippen molar-refractivity contribution < 1.29 is 18.0 Å². The van der Waals surface area contributed by atoms with Crippen LogP contribution >= 0.6 is 0 Å². The quantitative estimate of drug-likeness (QED) is 0.722. The van der Waals surface area contributed by atoms with Crippen molar-refractivity contribution in [3.63, 3.8) is 0 Å². The molecule has 1 aromatic rings. The van der Waals surface area contributed by atoms with E-state index in [-0.39, 0.29) is 17.3 Å². The first-order valence-electron chi connectivity index (χ1n) is 7.66. The highest BCUT2D eigenvalue weighted by Crippen LogP contribution is 2.18. The van der Waals surface area contributed by atoms with E-state index in [0.29, 0.717) is 19.5 Å². The van der Waals surface area contributed by atoms with Gasteiger partial charge in [-0.05, 0) is 32.6 Å². The lowest BCUT2D eigenvalue weighted by atomic mass is 10.2. The number of nitrogens with one attached hydrogen (secondary N) is 1. The SMILES string of the molecule is CN(C)CCN(C(=O)C(=O)Nc1ccccn1)C1CCS(=O)(=O)C1. The smallest absolute Gasteiger partial charge is 0.315 e. The lowest BCUT2D eigenvalue weighted by Gasteiger charge is -2.28. The fourth-order valence-corrected chi connectivity index (χ4v) is 4.25. The second-order valence-corrected chi connectivity index (χ2v) is 8.26. The summed E-state index contributed by atoms with van der Waals surface area (Å²) in [5.41, 5.74) is 0. The van der Waals surface area contributed by atoms with Crippen LogP contribution in [0.15, 0.2) is 24.4 Å². The maximum absolute atomic E-state index is 12.5. The number of amides is 2. The van der Waals surface area contributed by atoms with Crippen molar-refractivity contribution in [1.82, 2.24) is 14.8 Å². The summed E-state index contributed by atoms with van der Waals surface area (Å²) in [5.74, 6) is -1.31. The summed E-state index contributed by atoms with van der Waals surface area (Å²) in [6.07, 6.45) is 1.87. The molecule has 2 heterocycles. The van der Waals surface area contributed by atoms with Gasteiger partial charge in [0.1, 0.15) is 5.82 Å². The molecule has 8 nitrogen and oxygen atoms in total. The van der Waals surface area contributed by atoms with E-state index >= 15 is 0 Å². The Morgan fingerprint density at radius 2 is 2.04 bits per heavy atom. The third kappa shape index (κ3) is 5.00. The number of hydrogen-bond acceptors (Lipinski definition) is 6. The highest BCUT2D eigenvalue weighted by molar-refractivity contribution is 7.91. The molecule has 0 spiro atoms. The number of sulfone groups is 1. The molecule has 0 aliphatic carbocycles. The Morgan fingerprint density at radius 1 is 1.29 bits per heavy atom. The van der Waals surface area contributed by atoms with Gasteiger partial charge in [0.25, 0.3) is 0 Å². The molecule has 0 bridgehead atoms. The zero-order chi connectivity index (χ0) is 17.7. The maximum Gasteiger partial charge on any atom is 0.315 e. The van der Waals surface area contributed by atoms with Gasteiger partial charge in [0.05, 0.1) is 11.5 Å². The first-order chi connectivity index (χ1) is 11.3. The largest absolute Gasteiger partial charge is 0.329 e. The summed E-state index contributed by atoms with van der Waals surface area (Å²) in [6, 6.07) is 4.51. The van der Waals surface area contributed by atoms with E-state index in [9.17, 15) is 18.0 Å². The topological polar surface area (TPSA) is 99.7 Å². The van der Waals surface area contributed by atoms with Crippen LogP contribution in [0, 0.1) is 0 Å². The number of hydrogen-bond donors (Lipinski definition) is 1. The van der Waals surface area contributed by atoms with E-state index in [1.54, 1.807) is 18.2 Å². The van der Waals surface area contributed by atoms with Crippen LogP contribution < -0.4 is 5.32 Å². The molecule has 9 heteroatoms. The standard InChI is InChI=1S/C15H22N4O4S/c1-18(2)8-9-19(12-6-10-24(22,23)11-12)15(21)14(20)17-13-5-3-4-7-16-13/h3-5,7,12H,6,8-11H2,1-2H3,(H,16,17,20). The Kier molecular flexibility index (Phi) is 5.89. The maximum atomic E-state index is 12.5. The van der Waals surface area contributed by atoms with Crippen molar-refractivity contribution in [2.75, 3.05) is 44.0 Å². The van der Waals surface area contributed by atoms with Crippen LogP contribution in [0.2, 0.25) is 0 Å². The van der Waals surface area contributed by atoms with E-state index in [4.69, 9.17) is 0 Å². The minimum absolute atomic E-state index is 0.0469. The van der Waals surface area contributed by atoms with Crippen molar-refractivity contribution >= 4 is 27.5 Å². The van der Waals surface area contributed by atoms with Gasteiger partial charge in [-0.15, -0.1) is 0 Å². The average molecular weight is 354 g/mol. The van der Waals surface area contributed by atoms with Gasteiger partial charge in [0, 0.05) is 25.3 Å². The van der Waals surface area contributed by atoms with Gasteiger partial charge in [-0.2, -0.15) is 0 Å². The van der Waals surface area contributed by atoms with Crippen molar-refractivity contribution in [2.45, 2.75) is 12.5 Å². The van der Waals surface area contributed by atoms with Gasteiger partial charge >= 0.3 is 11.8 Å². The van der Waals surface area contributed by atoms with E-state index in [1.165, 1.54) is 11.1 Å². The first kappa shape index (κ1) is 18.3. The van der Waals surface area contributed by atoms with Crippen LogP contribution in [-0.4, -0.2) is 79.7 Å². The van der Waals surface area contributed by atoms with Crippen molar-refractivity contribution in [2.24, 2.45) is 0 Å². The molecule has 1 aromatic heterocycles. The molecule has 1 unspecified atom stereocenters. The average Bonchev–Trinajstić information content (AvgIpc) is 2.88. The fraction of sp³-hybridized carbons (Fsp3) is 0.533. The number of likely N-dealkylation sites (N-methyl/N-ethyl adjacent to an activating group) is 1. The number of carbonyl (C=O) groups excluding carboxylic acids is 2. The second-order valence-electron chi connectivity index (χ2n) is 6.03. The number of pyridine rings is 1. The van der Waals surface area contributed by atoms with Crippen LogP contribution in [0.5, 0.6) is 0 Å². The third-order valence-electron chi connectivity index (χ3n) is 3.80. The second kappa shape index (κ2) is 7.71. The van der Waals surface area contributed by atoms with Crippen LogP contribution in [0.3, 0.4) is 0 Å². The summed E-state index contributed by atoms with van der Waals surface area (Å²) in [4.78, 5) is 31.9. The predicted molar refractivity (Wildman–Crippen MR) is 90.2 cm³/mol. The molecule has 1 atom stereocenters. The van der Waals surface area contributed by atoms with E-state index in [1.807, 2.05) is 19.0 Å². The predicted octanol–water partition coefficient (Wildman–Crippen LogP) is -0.403. The van der Waals surface area contributed by atoms with Gasteiger partial charge < -0.3 is 15.1 Å². The first-order valence-corrected chi connectivity index (χ1v) is 9.49. The summed E-state index contributed by atoms with van der Waals surface area (Å²) in [7, 11) is 0.550. The molecule has 24 heavy (non-hydrogen) atoms. The summed E-state index contributed by atoms with van der Waals surface area (Å²) < 4.78 is 23.4. The Labute approximate surface area is 141 Å². The zero-order valence-electron chi connectivity index (χ0n) is 13.8. The normalized spacial score (nSPS) is 19.2. The van der Waals surface area contributed by atoms with Crippen molar-refractivity contribution in [3.05, 3.63) is 24.4 Å². The van der Waals surface area contributed by atoms with Gasteiger partial charge in [-0.1, -0.05) is 6.07 Å². The Hall–Kier alpha value is -2.00. The summed E-state index contributed by atoms with van der Waals surface area (Å²) >= 11 is 0. The molecule has 2 rings (SSSR count). The lowest BCUT2D eigenvalue weighted by molar-refractivity contribution is -0.144. The molecule has 0 radical (unpaired) electrons. The number of carbonyl (C=O) groups is 2. The van der Waals surface area contributed by atoms with Gasteiger partial charge in [-0.3, -0.25) is 9.59 Å². The summed E-state index contributed by atoms with van der Waals surface area (Å²) in [5, 5.41) is 2.45. The number of nitrogens with zero attached hydrogens (tertiary/aromatic N) is 3. The molecule has 0 aromatic carbocycles. The molecule has 0 saturated carbocycles. The third-order valence-corrected chi connectivity index (χ3v) is 5.55. The van der Waals surface area contributed by atoms with Crippen LogP contribution in [-0.2, 0) is 19.4 Å². The van der Waals surface area contributed by atoms with Crippen LogP contribution in [0.4, 0.5) is 5.82 Å². The highest BCUT2D eigenvalue weighted by atomic mass is 32.2. The molecule has 1 saturated heterocycles. The van der Waals surface area contributed by atoms with E-state index in [2.05, 4.69) is 10.3 Å². The van der Waals surface area contributed by atoms with E-state index in [0.717, 1.165) is 0 Å². The van der Waals surface area contributed by atoms with Crippen molar-refractivity contribution in [1.29, 1.82) is 0 Å². The molecule has 1 aliphatic heterocycles. The fourth-order valence-electron chi connectivity index (χ4n) is 2.52. The molecule has 132 valence electrons. The van der Waals surface area contributed by atoms with Gasteiger partial charge in [-0.25, -0.2) is 13.4 Å². The van der Waals surface area contributed by atoms with E-state index < -0.39 is 27.7 Å². The number of rotatable bonds is 5. The zero-order valence-corrected chi connectivity index (χ0v) is 14.6. The Morgan fingerprint density at radius 3 is 2.58 bits per heavy atom. The Bertz CT molecular complexity index is 691. The lowest BCUT2D eigenvalue weighted by Crippen LogP contribution is -2.49. The van der Waals surface area contributed by atoms with Crippen LogP contribution in [0.25, 0.3) is 0 Å². The molecule has 1 aliphatic rings. The minimum atomic E-state index is -3.15. The molecular formula is C15H22N4O4S. The van der Waals surface area contributed by atoms with Crippen LogP contribution in [0.1, 0.15) is 6.42 Å². The number of aromatic nitrogens is 1. The van der Waals surface area contributed by atoms with Gasteiger partial charge in [0.15, 0.2) is 9.84 Å². The highest BCUT2D eigenvalue weighted by Gasteiger charge is 2.36. The summed E-state index contributed by atoms with van der Waals surface area (Å²) in [6.45, 7) is 0.834. The molecule has 1 N–H and O–H groups in total. The molecule has 2 amide bonds.